The summed E-state index contributed by atoms with van der Waals surface area (Å²) in [5.74, 6) is -0.172. The van der Waals surface area contributed by atoms with Gasteiger partial charge in [0.05, 0.1) is 23.1 Å². The molecule has 1 N–H and O–H groups in total. The van der Waals surface area contributed by atoms with Gasteiger partial charge in [0.15, 0.2) is 0 Å². The number of aromatic nitrogens is 2. The Morgan fingerprint density at radius 1 is 0.929 bits per heavy atom. The Balaban J connectivity index is 1.76. The average molecular weight is 367 g/mol. The van der Waals surface area contributed by atoms with Crippen molar-refractivity contribution in [1.29, 1.82) is 0 Å². The number of nitrogens with zero attached hydrogens (tertiary/aromatic N) is 2. The summed E-state index contributed by atoms with van der Waals surface area (Å²) in [6.07, 6.45) is 2.55. The lowest BCUT2D eigenvalue weighted by Crippen LogP contribution is -2.13. The van der Waals surface area contributed by atoms with Gasteiger partial charge in [-0.3, -0.25) is 4.79 Å². The molecule has 4 rings (SSSR count). The number of para-hydroxylation sites is 1. The number of aryl methyl sites for hydroxylation is 1. The monoisotopic (exact) mass is 367 g/mol. The summed E-state index contributed by atoms with van der Waals surface area (Å²) in [7, 11) is 0. The second kappa shape index (κ2) is 7.92. The molecule has 0 bridgehead atoms. The molecule has 0 aliphatic rings. The van der Waals surface area contributed by atoms with Crippen molar-refractivity contribution in [3.63, 3.8) is 0 Å². The van der Waals surface area contributed by atoms with Crippen LogP contribution in [0.3, 0.4) is 0 Å². The molecule has 0 radical (unpaired) electrons. The highest BCUT2D eigenvalue weighted by Gasteiger charge is 2.20. The summed E-state index contributed by atoms with van der Waals surface area (Å²) in [4.78, 5) is 13.1. The zero-order valence-corrected chi connectivity index (χ0v) is 15.7. The Bertz CT molecular complexity index is 1090. The zero-order chi connectivity index (χ0) is 19.3. The van der Waals surface area contributed by atoms with Gasteiger partial charge < -0.3 is 5.32 Å². The average Bonchev–Trinajstić information content (AvgIpc) is 3.20. The van der Waals surface area contributed by atoms with Gasteiger partial charge in [-0.15, -0.1) is 0 Å². The van der Waals surface area contributed by atoms with Gasteiger partial charge >= 0.3 is 0 Å². The Kier molecular flexibility index (Phi) is 5.02. The largest absolute Gasteiger partial charge is 0.322 e. The second-order valence-corrected chi connectivity index (χ2v) is 6.53. The third-order valence-corrected chi connectivity index (χ3v) is 4.65. The van der Waals surface area contributed by atoms with Gasteiger partial charge in [-0.2, -0.15) is 5.10 Å². The van der Waals surface area contributed by atoms with Gasteiger partial charge in [0.25, 0.3) is 5.91 Å². The number of hydrogen-bond acceptors (Lipinski definition) is 2. The first-order valence-corrected chi connectivity index (χ1v) is 9.35. The van der Waals surface area contributed by atoms with Crippen LogP contribution in [0.5, 0.6) is 0 Å². The van der Waals surface area contributed by atoms with E-state index in [9.17, 15) is 4.79 Å². The molecule has 0 spiro atoms. The molecule has 28 heavy (non-hydrogen) atoms. The lowest BCUT2D eigenvalue weighted by atomic mass is 10.1. The molecule has 1 aromatic heterocycles. The molecular formula is C24H21N3O. The maximum absolute atomic E-state index is 13.1. The number of benzene rings is 3. The highest BCUT2D eigenvalue weighted by Crippen LogP contribution is 2.27. The van der Waals surface area contributed by atoms with E-state index in [0.717, 1.165) is 29.1 Å². The van der Waals surface area contributed by atoms with E-state index in [2.05, 4.69) is 23.4 Å². The zero-order valence-electron chi connectivity index (χ0n) is 15.7. The van der Waals surface area contributed by atoms with Crippen molar-refractivity contribution in [3.05, 3.63) is 102 Å². The summed E-state index contributed by atoms with van der Waals surface area (Å²) in [6.45, 7) is 2.10. The standard InChI is InChI=1S/C24H21N3O/c1-2-18-10-9-13-20(16-18)26-24(28)22-17-25-27(21-14-7-4-8-15-21)23(22)19-11-5-3-6-12-19/h3-17H,2H2,1H3,(H,26,28). The molecule has 0 aliphatic heterocycles. The number of nitrogens with one attached hydrogen (secondary N) is 1. The fourth-order valence-electron chi connectivity index (χ4n) is 3.22. The predicted molar refractivity (Wildman–Crippen MR) is 113 cm³/mol. The van der Waals surface area contributed by atoms with Crippen LogP contribution in [-0.2, 0) is 6.42 Å². The van der Waals surface area contributed by atoms with Gasteiger partial charge in [0, 0.05) is 11.3 Å². The molecule has 3 aromatic carbocycles. The Morgan fingerprint density at radius 3 is 2.36 bits per heavy atom. The van der Waals surface area contributed by atoms with Gasteiger partial charge in [0.1, 0.15) is 0 Å². The number of amides is 1. The van der Waals surface area contributed by atoms with Crippen molar-refractivity contribution in [2.75, 3.05) is 5.32 Å². The number of rotatable bonds is 5. The van der Waals surface area contributed by atoms with Crippen LogP contribution in [0, 0.1) is 0 Å². The first-order chi connectivity index (χ1) is 13.8. The van der Waals surface area contributed by atoms with Crippen molar-refractivity contribution in [1.82, 2.24) is 9.78 Å². The van der Waals surface area contributed by atoms with Gasteiger partial charge in [-0.05, 0) is 36.2 Å². The lowest BCUT2D eigenvalue weighted by molar-refractivity contribution is 0.102. The van der Waals surface area contributed by atoms with Crippen LogP contribution in [0.2, 0.25) is 0 Å². The van der Waals surface area contributed by atoms with Crippen LogP contribution < -0.4 is 5.32 Å². The number of carbonyl (C=O) groups excluding carboxylic acids is 1. The number of anilines is 1. The minimum atomic E-state index is -0.172. The van der Waals surface area contributed by atoms with Gasteiger partial charge in [0.2, 0.25) is 0 Å². The normalized spacial score (nSPS) is 10.6. The van der Waals surface area contributed by atoms with E-state index in [1.54, 1.807) is 6.20 Å². The summed E-state index contributed by atoms with van der Waals surface area (Å²) >= 11 is 0. The minimum Gasteiger partial charge on any atom is -0.322 e. The molecule has 138 valence electrons. The highest BCUT2D eigenvalue weighted by molar-refractivity contribution is 6.08. The fourth-order valence-corrected chi connectivity index (χ4v) is 3.22. The summed E-state index contributed by atoms with van der Waals surface area (Å²) < 4.78 is 1.81. The summed E-state index contributed by atoms with van der Waals surface area (Å²) in [5.41, 5.74) is 5.13. The quantitative estimate of drug-likeness (QED) is 0.516. The van der Waals surface area contributed by atoms with E-state index in [-0.39, 0.29) is 5.91 Å². The molecule has 0 atom stereocenters. The molecule has 0 unspecified atom stereocenters. The Morgan fingerprint density at radius 2 is 1.64 bits per heavy atom. The molecule has 0 saturated heterocycles. The molecule has 0 saturated carbocycles. The van der Waals surface area contributed by atoms with Crippen molar-refractivity contribution >= 4 is 11.6 Å². The van der Waals surface area contributed by atoms with Crippen LogP contribution in [-0.4, -0.2) is 15.7 Å². The molecule has 0 aliphatic carbocycles. The topological polar surface area (TPSA) is 46.9 Å². The van der Waals surface area contributed by atoms with Crippen LogP contribution in [0.4, 0.5) is 5.69 Å². The van der Waals surface area contributed by atoms with Gasteiger partial charge in [-0.25, -0.2) is 4.68 Å². The third-order valence-electron chi connectivity index (χ3n) is 4.65. The smallest absolute Gasteiger partial charge is 0.259 e. The van der Waals surface area contributed by atoms with Crippen molar-refractivity contribution in [2.24, 2.45) is 0 Å². The van der Waals surface area contributed by atoms with E-state index >= 15 is 0 Å². The van der Waals surface area contributed by atoms with E-state index in [4.69, 9.17) is 0 Å². The van der Waals surface area contributed by atoms with Crippen LogP contribution >= 0.6 is 0 Å². The molecular weight excluding hydrogens is 346 g/mol. The SMILES string of the molecule is CCc1cccc(NC(=O)c2cnn(-c3ccccc3)c2-c2ccccc2)c1. The first-order valence-electron chi connectivity index (χ1n) is 9.35. The van der Waals surface area contributed by atoms with Crippen LogP contribution in [0.15, 0.2) is 91.1 Å². The Hall–Kier alpha value is -3.66. The molecule has 1 amide bonds. The predicted octanol–water partition coefficient (Wildman–Crippen LogP) is 5.35. The summed E-state index contributed by atoms with van der Waals surface area (Å²) in [5, 5.41) is 7.53. The molecule has 1 heterocycles. The van der Waals surface area contributed by atoms with E-state index in [1.165, 1.54) is 5.56 Å². The van der Waals surface area contributed by atoms with Crippen molar-refractivity contribution in [2.45, 2.75) is 13.3 Å². The van der Waals surface area contributed by atoms with Crippen LogP contribution in [0.25, 0.3) is 16.9 Å². The van der Waals surface area contributed by atoms with Gasteiger partial charge in [-0.1, -0.05) is 67.6 Å². The fraction of sp³-hybridized carbons (Fsp3) is 0.0833. The first kappa shape index (κ1) is 17.7. The molecule has 4 heteroatoms. The second-order valence-electron chi connectivity index (χ2n) is 6.53. The van der Waals surface area contributed by atoms with Crippen LogP contribution in [0.1, 0.15) is 22.8 Å². The van der Waals surface area contributed by atoms with E-state index in [0.29, 0.717) is 5.56 Å². The molecule has 4 aromatic rings. The third kappa shape index (κ3) is 3.58. The minimum absolute atomic E-state index is 0.172. The van der Waals surface area contributed by atoms with Crippen molar-refractivity contribution in [3.8, 4) is 16.9 Å². The number of hydrogen-bond donors (Lipinski definition) is 1. The van der Waals surface area contributed by atoms with E-state index in [1.807, 2.05) is 83.5 Å². The lowest BCUT2D eigenvalue weighted by Gasteiger charge is -2.11. The van der Waals surface area contributed by atoms with Crippen molar-refractivity contribution < 1.29 is 4.79 Å². The van der Waals surface area contributed by atoms with E-state index < -0.39 is 0 Å². The Labute approximate surface area is 164 Å². The summed E-state index contributed by atoms with van der Waals surface area (Å²) in [6, 6.07) is 27.6. The number of carbonyl (C=O) groups is 1. The molecule has 0 fully saturated rings. The maximum Gasteiger partial charge on any atom is 0.259 e. The molecule has 4 nitrogen and oxygen atoms in total. The highest BCUT2D eigenvalue weighted by atomic mass is 16.1. The maximum atomic E-state index is 13.1.